The van der Waals surface area contributed by atoms with Crippen molar-refractivity contribution in [2.24, 2.45) is 16.5 Å². The number of carbonyl (C=O) groups is 1. The average Bonchev–Trinajstić information content (AvgIpc) is 1.58. The minimum atomic E-state index is -0.443. The van der Waals surface area contributed by atoms with Gasteiger partial charge in [-0.1, -0.05) is 0 Å². The highest BCUT2D eigenvalue weighted by atomic mass is 16.1. The zero-order valence-electron chi connectivity index (χ0n) is 6.29. The van der Waals surface area contributed by atoms with Crippen molar-refractivity contribution in [2.75, 3.05) is 0 Å². The summed E-state index contributed by atoms with van der Waals surface area (Å²) in [4.78, 5) is 14.2. The number of primary amides is 1. The van der Waals surface area contributed by atoms with Gasteiger partial charge in [-0.2, -0.15) is 0 Å². The van der Waals surface area contributed by atoms with Gasteiger partial charge in [0.1, 0.15) is 5.84 Å². The fraction of sp³-hybridized carbons (Fsp3) is 0.667. The van der Waals surface area contributed by atoms with Gasteiger partial charge < -0.3 is 11.5 Å². The van der Waals surface area contributed by atoms with Gasteiger partial charge in [0.05, 0.1) is 6.42 Å². The fourth-order valence-corrected chi connectivity index (χ4v) is 0.556. The highest BCUT2D eigenvalue weighted by molar-refractivity contribution is 5.98. The molecular formula is C6H13N3O. The quantitative estimate of drug-likeness (QED) is 0.417. The molecule has 0 spiro atoms. The van der Waals surface area contributed by atoms with Crippen LogP contribution in [0.25, 0.3) is 0 Å². The van der Waals surface area contributed by atoms with E-state index in [1.165, 1.54) is 0 Å². The summed E-state index contributed by atoms with van der Waals surface area (Å²) in [5.74, 6) is -0.135. The molecule has 4 heteroatoms. The van der Waals surface area contributed by atoms with E-state index in [1.54, 1.807) is 0 Å². The number of carbonyl (C=O) groups excluding carboxylic acids is 1. The van der Waals surface area contributed by atoms with Crippen LogP contribution in [-0.2, 0) is 4.79 Å². The van der Waals surface area contributed by atoms with Crippen molar-refractivity contribution in [2.45, 2.75) is 26.3 Å². The Labute approximate surface area is 60.3 Å². The van der Waals surface area contributed by atoms with Crippen molar-refractivity contribution in [1.29, 1.82) is 0 Å². The van der Waals surface area contributed by atoms with Crippen molar-refractivity contribution < 1.29 is 4.79 Å². The Morgan fingerprint density at radius 2 is 2.00 bits per heavy atom. The molecule has 0 atom stereocenters. The van der Waals surface area contributed by atoms with E-state index < -0.39 is 5.91 Å². The van der Waals surface area contributed by atoms with Gasteiger partial charge in [0.2, 0.25) is 5.91 Å². The number of amides is 1. The van der Waals surface area contributed by atoms with Crippen LogP contribution in [0.5, 0.6) is 0 Å². The average molecular weight is 143 g/mol. The summed E-state index contributed by atoms with van der Waals surface area (Å²) in [6.07, 6.45) is 0.0537. The predicted molar refractivity (Wildman–Crippen MR) is 40.6 cm³/mol. The van der Waals surface area contributed by atoms with Gasteiger partial charge in [-0.3, -0.25) is 9.79 Å². The SMILES string of the molecule is CC(C)N=C(N)CC(N)=O. The van der Waals surface area contributed by atoms with Gasteiger partial charge in [-0.25, -0.2) is 0 Å². The molecule has 0 aromatic carbocycles. The smallest absolute Gasteiger partial charge is 0.224 e. The van der Waals surface area contributed by atoms with Gasteiger partial charge in [0.15, 0.2) is 0 Å². The molecule has 0 rings (SSSR count). The minimum Gasteiger partial charge on any atom is -0.387 e. The molecule has 0 heterocycles. The Kier molecular flexibility index (Phi) is 3.46. The van der Waals surface area contributed by atoms with Crippen LogP contribution in [0.3, 0.4) is 0 Å². The second-order valence-electron chi connectivity index (χ2n) is 2.36. The number of aliphatic imine (C=N–C) groups is 1. The Bertz CT molecular complexity index is 151. The fourth-order valence-electron chi connectivity index (χ4n) is 0.556. The maximum atomic E-state index is 10.3. The van der Waals surface area contributed by atoms with Gasteiger partial charge in [-0.05, 0) is 13.8 Å². The first-order valence-corrected chi connectivity index (χ1v) is 3.13. The molecule has 0 radical (unpaired) electrons. The molecule has 4 N–H and O–H groups in total. The van der Waals surface area contributed by atoms with E-state index in [2.05, 4.69) is 4.99 Å². The molecule has 0 fully saturated rings. The third kappa shape index (κ3) is 5.08. The molecule has 0 aliphatic heterocycles. The predicted octanol–water partition coefficient (Wildman–Crippen LogP) is -0.373. The van der Waals surface area contributed by atoms with Gasteiger partial charge >= 0.3 is 0 Å². The molecule has 0 aromatic heterocycles. The molecule has 58 valence electrons. The maximum absolute atomic E-state index is 10.3. The number of rotatable bonds is 3. The highest BCUT2D eigenvalue weighted by Gasteiger charge is 1.98. The lowest BCUT2D eigenvalue weighted by molar-refractivity contribution is -0.116. The van der Waals surface area contributed by atoms with E-state index in [-0.39, 0.29) is 12.5 Å². The third-order valence-electron chi connectivity index (χ3n) is 0.779. The molecule has 0 unspecified atom stereocenters. The summed E-state index contributed by atoms with van der Waals surface area (Å²) >= 11 is 0. The number of nitrogens with zero attached hydrogens (tertiary/aromatic N) is 1. The van der Waals surface area contributed by atoms with Crippen molar-refractivity contribution in [3.63, 3.8) is 0 Å². The Hall–Kier alpha value is -1.06. The Morgan fingerprint density at radius 3 is 2.30 bits per heavy atom. The van der Waals surface area contributed by atoms with E-state index in [0.29, 0.717) is 5.84 Å². The summed E-state index contributed by atoms with van der Waals surface area (Å²) in [6.45, 7) is 3.77. The summed E-state index contributed by atoms with van der Waals surface area (Å²) < 4.78 is 0. The lowest BCUT2D eigenvalue weighted by Gasteiger charge is -1.98. The molecule has 4 nitrogen and oxygen atoms in total. The summed E-state index contributed by atoms with van der Waals surface area (Å²) in [6, 6.07) is 0.124. The number of nitrogens with two attached hydrogens (primary N) is 2. The summed E-state index contributed by atoms with van der Waals surface area (Å²) in [7, 11) is 0. The molecule has 0 aliphatic carbocycles. The van der Waals surface area contributed by atoms with E-state index in [9.17, 15) is 4.79 Å². The van der Waals surface area contributed by atoms with E-state index in [4.69, 9.17) is 11.5 Å². The Morgan fingerprint density at radius 1 is 1.50 bits per heavy atom. The van der Waals surface area contributed by atoms with Crippen LogP contribution in [0.1, 0.15) is 20.3 Å². The molecule has 0 aliphatic rings. The van der Waals surface area contributed by atoms with Crippen molar-refractivity contribution >= 4 is 11.7 Å². The number of hydrogen-bond acceptors (Lipinski definition) is 2. The molecule has 0 saturated carbocycles. The zero-order chi connectivity index (χ0) is 8.15. The first-order valence-electron chi connectivity index (χ1n) is 3.13. The molecule has 0 bridgehead atoms. The van der Waals surface area contributed by atoms with Crippen LogP contribution in [0, 0.1) is 0 Å². The van der Waals surface area contributed by atoms with Crippen LogP contribution in [0.4, 0.5) is 0 Å². The van der Waals surface area contributed by atoms with Crippen LogP contribution < -0.4 is 11.5 Å². The highest BCUT2D eigenvalue weighted by Crippen LogP contribution is 1.87. The summed E-state index contributed by atoms with van der Waals surface area (Å²) in [5.41, 5.74) is 10.2. The normalized spacial score (nSPS) is 12.1. The second-order valence-corrected chi connectivity index (χ2v) is 2.36. The van der Waals surface area contributed by atoms with E-state index in [0.717, 1.165) is 0 Å². The molecule has 0 saturated heterocycles. The summed E-state index contributed by atoms with van der Waals surface area (Å²) in [5, 5.41) is 0. The number of amidine groups is 1. The number of hydrogen-bond donors (Lipinski definition) is 2. The Balaban J connectivity index is 3.82. The van der Waals surface area contributed by atoms with Crippen LogP contribution in [0.2, 0.25) is 0 Å². The monoisotopic (exact) mass is 143 g/mol. The van der Waals surface area contributed by atoms with Gasteiger partial charge in [0.25, 0.3) is 0 Å². The molecular weight excluding hydrogens is 130 g/mol. The van der Waals surface area contributed by atoms with E-state index >= 15 is 0 Å². The van der Waals surface area contributed by atoms with Crippen LogP contribution in [-0.4, -0.2) is 17.8 Å². The standard InChI is InChI=1S/C6H13N3O/c1-4(2)9-5(7)3-6(8)10/h4H,3H2,1-2H3,(H2,7,9)(H2,8,10). The lowest BCUT2D eigenvalue weighted by atomic mass is 10.3. The van der Waals surface area contributed by atoms with Crippen LogP contribution >= 0.6 is 0 Å². The third-order valence-corrected chi connectivity index (χ3v) is 0.779. The molecule has 1 amide bonds. The first kappa shape index (κ1) is 8.94. The lowest BCUT2D eigenvalue weighted by Crippen LogP contribution is -2.23. The van der Waals surface area contributed by atoms with Crippen molar-refractivity contribution in [3.05, 3.63) is 0 Å². The van der Waals surface area contributed by atoms with Gasteiger partial charge in [0, 0.05) is 6.04 Å². The van der Waals surface area contributed by atoms with E-state index in [1.807, 2.05) is 13.8 Å². The maximum Gasteiger partial charge on any atom is 0.224 e. The van der Waals surface area contributed by atoms with Crippen molar-refractivity contribution in [1.82, 2.24) is 0 Å². The molecule has 0 aromatic rings. The van der Waals surface area contributed by atoms with Crippen molar-refractivity contribution in [3.8, 4) is 0 Å². The topological polar surface area (TPSA) is 81.5 Å². The zero-order valence-corrected chi connectivity index (χ0v) is 6.29. The molecule has 10 heavy (non-hydrogen) atoms. The largest absolute Gasteiger partial charge is 0.387 e. The first-order chi connectivity index (χ1) is 4.52. The second kappa shape index (κ2) is 3.87. The minimum absolute atomic E-state index is 0.0537. The van der Waals surface area contributed by atoms with Crippen LogP contribution in [0.15, 0.2) is 4.99 Å². The van der Waals surface area contributed by atoms with Gasteiger partial charge in [-0.15, -0.1) is 0 Å².